The monoisotopic (exact) mass is 981 g/mol. The van der Waals surface area contributed by atoms with E-state index in [0.29, 0.717) is 39.9 Å². The van der Waals surface area contributed by atoms with Crippen LogP contribution in [0, 0.1) is 0 Å². The van der Waals surface area contributed by atoms with Crippen LogP contribution in [0.4, 0.5) is 0 Å². The van der Waals surface area contributed by atoms with Gasteiger partial charge < -0.3 is 39.1 Å². The summed E-state index contributed by atoms with van der Waals surface area (Å²) >= 11 is 0. The molecule has 0 unspecified atom stereocenters. The van der Waals surface area contributed by atoms with E-state index in [9.17, 15) is 9.59 Å². The smallest absolute Gasteiger partial charge is 0.244 e. The van der Waals surface area contributed by atoms with Crippen LogP contribution in [0.25, 0.3) is 11.1 Å². The number of ether oxygens (including phenoxy) is 6. The standard InChI is InChI=1S/C31H36N2O5.C29H40N2O3/c1-22(11-6-12-23-13-10-20-32-21-23)33-29(34)19-7-14-24(30-25(35-2)15-8-16-26(30)36-3)31-27(37-4)17-9-18-28(31)38-5;1-5-6-7-8-16-25(26-18-11-19-27(33-3)29(26)34-4)17-10-20-28(32)31-23(2)13-9-14-24-15-12-21-30-22-24/h7-10,13-22H,6,11-12H2,1-5H3,(H,33,34);10-12,15,17-23H,5-9,13-14,16H2,1-4H3,(H,31,32)/b19-7+;20-10+,25-17+/t22-;23-/m11/s1. The topological polar surface area (TPSA) is 139 Å². The van der Waals surface area contributed by atoms with E-state index < -0.39 is 0 Å². The molecular formula is C60H76N4O8. The van der Waals surface area contributed by atoms with Crippen LogP contribution in [0.1, 0.15) is 106 Å². The lowest BCUT2D eigenvalue weighted by atomic mass is 9.94. The van der Waals surface area contributed by atoms with Gasteiger partial charge in [-0.1, -0.05) is 86.9 Å². The second kappa shape index (κ2) is 32.5. The lowest BCUT2D eigenvalue weighted by Crippen LogP contribution is -2.31. The van der Waals surface area contributed by atoms with Crippen LogP contribution in [-0.4, -0.2) is 76.5 Å². The summed E-state index contributed by atoms with van der Waals surface area (Å²) in [5.74, 6) is 3.65. The fourth-order valence-corrected chi connectivity index (χ4v) is 8.24. The number of carbonyl (C=O) groups excluding carboxylic acids is 2. The Bertz CT molecular complexity index is 2420. The summed E-state index contributed by atoms with van der Waals surface area (Å²) in [4.78, 5) is 33.4. The lowest BCUT2D eigenvalue weighted by Gasteiger charge is -2.20. The largest absolute Gasteiger partial charge is 0.496 e. The number of carbonyl (C=O) groups is 2. The van der Waals surface area contributed by atoms with Crippen molar-refractivity contribution in [3.63, 3.8) is 0 Å². The molecule has 2 amide bonds. The third-order valence-corrected chi connectivity index (χ3v) is 11.9. The van der Waals surface area contributed by atoms with Crippen molar-refractivity contribution >= 4 is 23.0 Å². The number of amides is 2. The van der Waals surface area contributed by atoms with Crippen molar-refractivity contribution in [2.75, 3.05) is 42.7 Å². The van der Waals surface area contributed by atoms with Crippen molar-refractivity contribution in [1.82, 2.24) is 20.6 Å². The van der Waals surface area contributed by atoms with Gasteiger partial charge in [0, 0.05) is 60.2 Å². The van der Waals surface area contributed by atoms with Crippen LogP contribution in [-0.2, 0) is 22.4 Å². The Labute approximate surface area is 428 Å². The van der Waals surface area contributed by atoms with E-state index in [2.05, 4.69) is 39.7 Å². The highest BCUT2D eigenvalue weighted by atomic mass is 16.5. The van der Waals surface area contributed by atoms with Crippen molar-refractivity contribution in [1.29, 1.82) is 0 Å². The van der Waals surface area contributed by atoms with Crippen molar-refractivity contribution in [3.8, 4) is 34.5 Å². The number of unbranched alkanes of at least 4 members (excludes halogenated alkanes) is 3. The summed E-state index contributed by atoms with van der Waals surface area (Å²) in [5.41, 5.74) is 6.73. The first-order valence-electron chi connectivity index (χ1n) is 24.9. The first-order valence-corrected chi connectivity index (χ1v) is 24.9. The molecule has 0 bridgehead atoms. The van der Waals surface area contributed by atoms with Gasteiger partial charge in [0.1, 0.15) is 23.0 Å². The minimum Gasteiger partial charge on any atom is -0.496 e. The maximum absolute atomic E-state index is 12.7. The highest BCUT2D eigenvalue weighted by molar-refractivity contribution is 5.93. The third-order valence-electron chi connectivity index (χ3n) is 11.9. The predicted octanol–water partition coefficient (Wildman–Crippen LogP) is 12.2. The zero-order chi connectivity index (χ0) is 51.9. The van der Waals surface area contributed by atoms with Gasteiger partial charge >= 0.3 is 0 Å². The maximum atomic E-state index is 12.7. The van der Waals surface area contributed by atoms with Crippen LogP contribution in [0.3, 0.4) is 0 Å². The minimum absolute atomic E-state index is 0.0379. The number of methoxy groups -OCH3 is 6. The van der Waals surface area contributed by atoms with Crippen LogP contribution < -0.4 is 39.1 Å². The molecule has 2 aromatic heterocycles. The quantitative estimate of drug-likeness (QED) is 0.0283. The molecule has 2 atom stereocenters. The number of aromatic nitrogens is 2. The van der Waals surface area contributed by atoms with Gasteiger partial charge in [-0.3, -0.25) is 19.6 Å². The highest BCUT2D eigenvalue weighted by Crippen LogP contribution is 2.45. The molecule has 12 nitrogen and oxygen atoms in total. The molecule has 0 radical (unpaired) electrons. The predicted molar refractivity (Wildman–Crippen MR) is 290 cm³/mol. The van der Waals surface area contributed by atoms with E-state index in [1.54, 1.807) is 67.2 Å². The molecule has 5 rings (SSSR count). The molecule has 3 aromatic carbocycles. The highest BCUT2D eigenvalue weighted by Gasteiger charge is 2.23. The Morgan fingerprint density at radius 2 is 1.00 bits per heavy atom. The fraction of sp³-hybridized carbons (Fsp3) is 0.367. The molecule has 5 aromatic rings. The Morgan fingerprint density at radius 1 is 0.542 bits per heavy atom. The number of benzene rings is 3. The molecule has 0 saturated carbocycles. The normalized spacial score (nSPS) is 12.0. The van der Waals surface area contributed by atoms with E-state index in [1.807, 2.05) is 111 Å². The number of para-hydroxylation sites is 1. The van der Waals surface area contributed by atoms with Crippen LogP contribution >= 0.6 is 0 Å². The van der Waals surface area contributed by atoms with Gasteiger partial charge in [0.25, 0.3) is 0 Å². The number of rotatable bonds is 28. The van der Waals surface area contributed by atoms with Crippen LogP contribution in [0.15, 0.2) is 140 Å². The summed E-state index contributed by atoms with van der Waals surface area (Å²) in [6.07, 6.45) is 29.1. The van der Waals surface area contributed by atoms with Crippen molar-refractivity contribution in [2.24, 2.45) is 0 Å². The summed E-state index contributed by atoms with van der Waals surface area (Å²) in [6.45, 7) is 6.27. The Kier molecular flexibility index (Phi) is 25.9. The van der Waals surface area contributed by atoms with Gasteiger partial charge in [-0.15, -0.1) is 0 Å². The molecule has 0 aliphatic carbocycles. The minimum atomic E-state index is -0.173. The van der Waals surface area contributed by atoms with Crippen molar-refractivity contribution in [2.45, 2.75) is 103 Å². The Hall–Kier alpha value is -7.34. The number of nitrogens with zero attached hydrogens (tertiary/aromatic N) is 2. The molecule has 0 aliphatic rings. The first-order chi connectivity index (χ1) is 35.1. The number of hydrogen-bond acceptors (Lipinski definition) is 10. The van der Waals surface area contributed by atoms with Crippen molar-refractivity contribution in [3.05, 3.63) is 168 Å². The lowest BCUT2D eigenvalue weighted by molar-refractivity contribution is -0.117. The average Bonchev–Trinajstić information content (AvgIpc) is 3.40. The van der Waals surface area contributed by atoms with Gasteiger partial charge in [-0.25, -0.2) is 0 Å². The van der Waals surface area contributed by atoms with E-state index in [1.165, 1.54) is 36.5 Å². The number of pyridine rings is 2. The first kappa shape index (κ1) is 57.2. The third kappa shape index (κ3) is 18.8. The molecule has 12 heteroatoms. The van der Waals surface area contributed by atoms with Gasteiger partial charge in [0.05, 0.1) is 53.8 Å². The molecule has 384 valence electrons. The average molecular weight is 981 g/mol. The second-order valence-corrected chi connectivity index (χ2v) is 17.2. The van der Waals surface area contributed by atoms with E-state index in [4.69, 9.17) is 28.4 Å². The van der Waals surface area contributed by atoms with E-state index in [-0.39, 0.29) is 23.9 Å². The fourth-order valence-electron chi connectivity index (χ4n) is 8.24. The van der Waals surface area contributed by atoms with Gasteiger partial charge in [-0.2, -0.15) is 0 Å². The van der Waals surface area contributed by atoms with E-state index >= 15 is 0 Å². The maximum Gasteiger partial charge on any atom is 0.244 e. The number of nitrogens with one attached hydrogen (secondary N) is 2. The zero-order valence-corrected chi connectivity index (χ0v) is 43.9. The molecule has 0 aliphatic heterocycles. The zero-order valence-electron chi connectivity index (χ0n) is 43.9. The Morgan fingerprint density at radius 3 is 1.43 bits per heavy atom. The summed E-state index contributed by atoms with van der Waals surface area (Å²) in [7, 11) is 9.73. The molecule has 2 heterocycles. The summed E-state index contributed by atoms with van der Waals surface area (Å²) in [6, 6.07) is 25.3. The number of aryl methyl sites for hydroxylation is 2. The summed E-state index contributed by atoms with van der Waals surface area (Å²) < 4.78 is 33.8. The summed E-state index contributed by atoms with van der Waals surface area (Å²) in [5, 5.41) is 6.11. The molecule has 0 spiro atoms. The number of hydrogen-bond donors (Lipinski definition) is 2. The van der Waals surface area contributed by atoms with Gasteiger partial charge in [0.2, 0.25) is 11.8 Å². The molecule has 2 N–H and O–H groups in total. The molecule has 0 fully saturated rings. The molecule has 0 saturated heterocycles. The number of allylic oxidation sites excluding steroid dienone is 5. The van der Waals surface area contributed by atoms with Crippen LogP contribution in [0.5, 0.6) is 34.5 Å². The van der Waals surface area contributed by atoms with Gasteiger partial charge in [-0.05, 0) is 124 Å². The second-order valence-electron chi connectivity index (χ2n) is 17.2. The van der Waals surface area contributed by atoms with Crippen molar-refractivity contribution < 1.29 is 38.0 Å². The SMILES string of the molecule is CCCCCC/C(=C\C=C\C(=O)N[C@H](C)CCCc1cccnc1)c1cccc(OC)c1OC.COc1cccc(OC)c1C(=C/C=C/C(=O)N[C@H](C)CCCc1cccnc1)c1c(OC)cccc1OC. The van der Waals surface area contributed by atoms with Crippen LogP contribution in [0.2, 0.25) is 0 Å². The Balaban J connectivity index is 0.000000315. The molecule has 72 heavy (non-hydrogen) atoms. The van der Waals surface area contributed by atoms with E-state index in [0.717, 1.165) is 73.8 Å². The molecular weight excluding hydrogens is 905 g/mol. The van der Waals surface area contributed by atoms with Gasteiger partial charge in [0.15, 0.2) is 11.5 Å².